The normalized spacial score (nSPS) is 20.6. The second-order valence-corrected chi connectivity index (χ2v) is 8.06. The van der Waals surface area contributed by atoms with Crippen LogP contribution in [0, 0.1) is 6.92 Å². The third-order valence-electron chi connectivity index (χ3n) is 6.07. The molecule has 0 amide bonds. The van der Waals surface area contributed by atoms with Crippen molar-refractivity contribution in [2.24, 2.45) is 0 Å². The van der Waals surface area contributed by atoms with Crippen molar-refractivity contribution >= 4 is 5.95 Å². The number of aromatic nitrogens is 2. The molecule has 0 radical (unpaired) electrons. The zero-order valence-electron chi connectivity index (χ0n) is 16.3. The summed E-state index contributed by atoms with van der Waals surface area (Å²) >= 11 is 0. The van der Waals surface area contributed by atoms with Crippen LogP contribution in [0.25, 0.3) is 0 Å². The van der Waals surface area contributed by atoms with Crippen LogP contribution < -0.4 is 4.90 Å². The highest BCUT2D eigenvalue weighted by Crippen LogP contribution is 2.34. The van der Waals surface area contributed by atoms with Gasteiger partial charge in [-0.3, -0.25) is 4.90 Å². The van der Waals surface area contributed by atoms with Gasteiger partial charge in [0.15, 0.2) is 0 Å². The Morgan fingerprint density at radius 2 is 1.63 bits per heavy atom. The number of hydrogen-bond donors (Lipinski definition) is 1. The van der Waals surface area contributed by atoms with Crippen LogP contribution in [0.2, 0.25) is 0 Å². The van der Waals surface area contributed by atoms with E-state index >= 15 is 0 Å². The summed E-state index contributed by atoms with van der Waals surface area (Å²) in [4.78, 5) is 13.9. The average molecular weight is 367 g/mol. The monoisotopic (exact) mass is 366 g/mol. The van der Waals surface area contributed by atoms with E-state index in [1.807, 2.05) is 24.5 Å². The predicted molar refractivity (Wildman–Crippen MR) is 108 cm³/mol. The Balaban J connectivity index is 1.34. The van der Waals surface area contributed by atoms with Crippen molar-refractivity contribution in [1.82, 2.24) is 14.9 Å². The first kappa shape index (κ1) is 18.4. The fourth-order valence-electron chi connectivity index (χ4n) is 4.39. The molecule has 27 heavy (non-hydrogen) atoms. The van der Waals surface area contributed by atoms with Gasteiger partial charge >= 0.3 is 0 Å². The number of rotatable bonds is 4. The molecule has 4 rings (SSSR count). The highest BCUT2D eigenvalue weighted by atomic mass is 16.3. The molecule has 2 aromatic rings. The van der Waals surface area contributed by atoms with Crippen LogP contribution in [0.5, 0.6) is 0 Å². The summed E-state index contributed by atoms with van der Waals surface area (Å²) in [5.74, 6) is 0.867. The highest BCUT2D eigenvalue weighted by Gasteiger charge is 2.34. The van der Waals surface area contributed by atoms with Crippen LogP contribution in [0.1, 0.15) is 48.8 Å². The average Bonchev–Trinajstić information content (AvgIpc) is 2.71. The van der Waals surface area contributed by atoms with Crippen LogP contribution in [0.3, 0.4) is 0 Å². The Bertz CT molecular complexity index is 747. The number of piperidine rings is 2. The molecule has 2 aliphatic heterocycles. The van der Waals surface area contributed by atoms with Crippen LogP contribution >= 0.6 is 0 Å². The number of benzene rings is 1. The first-order valence-electron chi connectivity index (χ1n) is 10.2. The first-order valence-corrected chi connectivity index (χ1v) is 10.2. The minimum Gasteiger partial charge on any atom is -0.385 e. The Hall–Kier alpha value is -1.98. The minimum atomic E-state index is -0.698. The number of likely N-dealkylation sites (tertiary alicyclic amines) is 1. The molecule has 0 unspecified atom stereocenters. The molecule has 2 saturated heterocycles. The first-order chi connectivity index (χ1) is 13.1. The molecule has 0 spiro atoms. The molecule has 1 N–H and O–H groups in total. The Morgan fingerprint density at radius 3 is 2.30 bits per heavy atom. The number of hydrogen-bond acceptors (Lipinski definition) is 5. The van der Waals surface area contributed by atoms with Gasteiger partial charge in [-0.25, -0.2) is 9.97 Å². The van der Waals surface area contributed by atoms with Gasteiger partial charge in [0.2, 0.25) is 5.95 Å². The quantitative estimate of drug-likeness (QED) is 0.900. The van der Waals surface area contributed by atoms with Crippen LogP contribution in [0.15, 0.2) is 36.7 Å². The second-order valence-electron chi connectivity index (χ2n) is 8.06. The Morgan fingerprint density at radius 1 is 0.963 bits per heavy atom. The van der Waals surface area contributed by atoms with E-state index in [0.29, 0.717) is 0 Å². The van der Waals surface area contributed by atoms with Crippen molar-refractivity contribution in [3.8, 4) is 0 Å². The van der Waals surface area contributed by atoms with Gasteiger partial charge < -0.3 is 10.0 Å². The molecular weight excluding hydrogens is 336 g/mol. The summed E-state index contributed by atoms with van der Waals surface area (Å²) in [5, 5.41) is 11.1. The van der Waals surface area contributed by atoms with E-state index in [-0.39, 0.29) is 0 Å². The smallest absolute Gasteiger partial charge is 0.225 e. The Kier molecular flexibility index (Phi) is 5.41. The molecule has 0 saturated carbocycles. The second kappa shape index (κ2) is 7.95. The van der Waals surface area contributed by atoms with Crippen LogP contribution in [-0.4, -0.2) is 46.2 Å². The summed E-state index contributed by atoms with van der Waals surface area (Å²) in [6, 6.07) is 8.21. The lowest BCUT2D eigenvalue weighted by atomic mass is 9.82. The standard InChI is InChI=1S/C22H30N4O/c1-18-7-3-4-8-20(18)22(27)9-13-25(14-10-22)17-19-15-23-21(24-16-19)26-11-5-2-6-12-26/h3-4,7-8,15-16,27H,2,5-6,9-14,17H2,1H3. The number of nitrogens with zero attached hydrogens (tertiary/aromatic N) is 4. The molecular formula is C22H30N4O. The van der Waals surface area contributed by atoms with E-state index in [1.54, 1.807) is 0 Å². The summed E-state index contributed by atoms with van der Waals surface area (Å²) in [6.45, 7) is 6.86. The van der Waals surface area contributed by atoms with Crippen molar-refractivity contribution < 1.29 is 5.11 Å². The van der Waals surface area contributed by atoms with Crippen molar-refractivity contribution in [3.05, 3.63) is 53.3 Å². The van der Waals surface area contributed by atoms with Gasteiger partial charge in [0.05, 0.1) is 5.60 Å². The molecule has 5 heteroatoms. The number of aliphatic hydroxyl groups is 1. The molecule has 0 bridgehead atoms. The van der Waals surface area contributed by atoms with Gasteiger partial charge in [0.1, 0.15) is 0 Å². The van der Waals surface area contributed by atoms with E-state index in [0.717, 1.165) is 62.6 Å². The van der Waals surface area contributed by atoms with E-state index < -0.39 is 5.60 Å². The number of anilines is 1. The molecule has 0 aliphatic carbocycles. The maximum Gasteiger partial charge on any atom is 0.225 e. The van der Waals surface area contributed by atoms with Gasteiger partial charge in [0, 0.05) is 50.7 Å². The fourth-order valence-corrected chi connectivity index (χ4v) is 4.39. The van der Waals surface area contributed by atoms with Crippen LogP contribution in [-0.2, 0) is 12.1 Å². The summed E-state index contributed by atoms with van der Waals surface area (Å²) < 4.78 is 0. The maximum atomic E-state index is 11.1. The van der Waals surface area contributed by atoms with E-state index in [9.17, 15) is 5.11 Å². The maximum absolute atomic E-state index is 11.1. The van der Waals surface area contributed by atoms with Gasteiger partial charge in [0.25, 0.3) is 0 Å². The SMILES string of the molecule is Cc1ccccc1C1(O)CCN(Cc2cnc(N3CCCCC3)nc2)CC1. The van der Waals surface area contributed by atoms with Crippen molar-refractivity contribution in [2.75, 3.05) is 31.1 Å². The van der Waals surface area contributed by atoms with E-state index in [2.05, 4.69) is 38.8 Å². The largest absolute Gasteiger partial charge is 0.385 e. The van der Waals surface area contributed by atoms with Crippen LogP contribution in [0.4, 0.5) is 5.95 Å². The lowest BCUT2D eigenvalue weighted by molar-refractivity contribution is -0.0282. The molecule has 2 aliphatic rings. The molecule has 3 heterocycles. The topological polar surface area (TPSA) is 52.5 Å². The zero-order valence-corrected chi connectivity index (χ0v) is 16.3. The third kappa shape index (κ3) is 4.14. The van der Waals surface area contributed by atoms with Gasteiger partial charge in [-0.1, -0.05) is 24.3 Å². The molecule has 1 aromatic carbocycles. The van der Waals surface area contributed by atoms with Crippen molar-refractivity contribution in [1.29, 1.82) is 0 Å². The zero-order chi connectivity index (χ0) is 18.7. The molecule has 0 atom stereocenters. The summed E-state index contributed by atoms with van der Waals surface area (Å²) in [5.41, 5.74) is 2.71. The summed E-state index contributed by atoms with van der Waals surface area (Å²) in [7, 11) is 0. The van der Waals surface area contributed by atoms with Gasteiger partial charge in [-0.05, 0) is 50.2 Å². The third-order valence-corrected chi connectivity index (χ3v) is 6.07. The van der Waals surface area contributed by atoms with Gasteiger partial charge in [-0.15, -0.1) is 0 Å². The highest BCUT2D eigenvalue weighted by molar-refractivity contribution is 5.32. The predicted octanol–water partition coefficient (Wildman–Crippen LogP) is 3.26. The van der Waals surface area contributed by atoms with E-state index in [1.165, 1.54) is 24.8 Å². The molecule has 1 aromatic heterocycles. The van der Waals surface area contributed by atoms with Crippen molar-refractivity contribution in [2.45, 2.75) is 51.2 Å². The summed E-state index contributed by atoms with van der Waals surface area (Å²) in [6.07, 6.45) is 9.27. The van der Waals surface area contributed by atoms with E-state index in [4.69, 9.17) is 0 Å². The van der Waals surface area contributed by atoms with Crippen molar-refractivity contribution in [3.63, 3.8) is 0 Å². The molecule has 5 nitrogen and oxygen atoms in total. The minimum absolute atomic E-state index is 0.698. The van der Waals surface area contributed by atoms with Gasteiger partial charge in [-0.2, -0.15) is 0 Å². The fraction of sp³-hybridized carbons (Fsp3) is 0.545. The number of aryl methyl sites for hydroxylation is 1. The molecule has 144 valence electrons. The lowest BCUT2D eigenvalue weighted by Crippen LogP contribution is -2.42. The Labute approximate surface area is 162 Å². The molecule has 2 fully saturated rings. The lowest BCUT2D eigenvalue weighted by Gasteiger charge is -2.39.